The zero-order valence-electron chi connectivity index (χ0n) is 9.82. The average molecular weight is 320 g/mol. The smallest absolute Gasteiger partial charge is 0.207 e. The van der Waals surface area contributed by atoms with Crippen molar-refractivity contribution in [1.82, 2.24) is 0 Å². The van der Waals surface area contributed by atoms with Crippen molar-refractivity contribution in [2.45, 2.75) is 11.8 Å². The minimum absolute atomic E-state index is 0. The Morgan fingerprint density at radius 1 is 0.833 bits per heavy atom. The van der Waals surface area contributed by atoms with Crippen LogP contribution in [-0.2, 0) is 27.6 Å². The van der Waals surface area contributed by atoms with Gasteiger partial charge in [0.2, 0.25) is 0 Å². The molecule has 0 amide bonds. The predicted molar refractivity (Wildman–Crippen MR) is 70.7 cm³/mol. The van der Waals surface area contributed by atoms with Crippen molar-refractivity contribution in [3.8, 4) is 0 Å². The summed E-state index contributed by atoms with van der Waals surface area (Å²) in [7, 11) is 1.50. The number of hydrogen-bond donors (Lipinski definition) is 0. The minimum Gasteiger partial charge on any atom is -0.207 e. The third-order valence-corrected chi connectivity index (χ3v) is 3.33. The summed E-state index contributed by atoms with van der Waals surface area (Å²) in [5.41, 5.74) is 1.32. The van der Waals surface area contributed by atoms with Gasteiger partial charge in [-0.1, -0.05) is 54.1 Å². The fourth-order valence-electron chi connectivity index (χ4n) is 1.12. The van der Waals surface area contributed by atoms with Crippen LogP contribution < -0.4 is 0 Å². The van der Waals surface area contributed by atoms with Crippen LogP contribution in [0.1, 0.15) is 5.56 Å². The van der Waals surface area contributed by atoms with Crippen LogP contribution >= 0.6 is 10.7 Å². The second-order valence-corrected chi connectivity index (χ2v) is 5.97. The third kappa shape index (κ3) is 6.87. The van der Waals surface area contributed by atoms with E-state index in [1.165, 1.54) is 17.7 Å². The Hall–Kier alpha value is -0.736. The van der Waals surface area contributed by atoms with Crippen LogP contribution in [-0.4, -0.2) is 8.42 Å². The van der Waals surface area contributed by atoms with Gasteiger partial charge in [-0.3, -0.25) is 0 Å². The molecule has 1 radical (unpaired) electrons. The second-order valence-electron chi connectivity index (χ2n) is 3.41. The number of rotatable bonds is 1. The second kappa shape index (κ2) is 8.38. The normalized spacial score (nSPS) is 9.67. The number of halogens is 1. The average Bonchev–Trinajstić information content (AvgIpc) is 2.31. The maximum Gasteiger partial charge on any atom is 0.261 e. The van der Waals surface area contributed by atoms with Gasteiger partial charge in [-0.25, -0.2) is 8.42 Å². The molecule has 2 aromatic rings. The fraction of sp³-hybridized carbons (Fsp3) is 0.0769. The molecule has 5 heteroatoms. The van der Waals surface area contributed by atoms with Crippen molar-refractivity contribution < 1.29 is 27.0 Å². The van der Waals surface area contributed by atoms with Crippen molar-refractivity contribution in [2.75, 3.05) is 0 Å². The standard InChI is InChI=1S/C7H8.C6H5ClO2S.V/c1-7-5-3-2-4-6-7;7-10(8,9)6-4-2-1-3-5-6;/h2-6H,1H3;1-5H;. The molecular weight excluding hydrogens is 307 g/mol. The zero-order chi connectivity index (χ0) is 12.7. The summed E-state index contributed by atoms with van der Waals surface area (Å²) in [4.78, 5) is 0.136. The molecule has 0 aliphatic rings. The Morgan fingerprint density at radius 3 is 1.44 bits per heavy atom. The third-order valence-electron chi connectivity index (χ3n) is 1.97. The molecule has 0 atom stereocenters. The van der Waals surface area contributed by atoms with Gasteiger partial charge in [-0.15, -0.1) is 0 Å². The Kier molecular flexibility index (Phi) is 8.04. The molecule has 0 fully saturated rings. The van der Waals surface area contributed by atoms with Gasteiger partial charge in [0, 0.05) is 29.2 Å². The molecule has 0 bridgehead atoms. The molecule has 0 N–H and O–H groups in total. The molecule has 0 aromatic heterocycles. The molecule has 0 heterocycles. The van der Waals surface area contributed by atoms with Gasteiger partial charge in [0.1, 0.15) is 0 Å². The summed E-state index contributed by atoms with van der Waals surface area (Å²) in [6.45, 7) is 2.08. The number of benzene rings is 2. The molecule has 0 spiro atoms. The van der Waals surface area contributed by atoms with E-state index in [1.807, 2.05) is 18.2 Å². The van der Waals surface area contributed by atoms with Crippen LogP contribution in [0.25, 0.3) is 0 Å². The Bertz CT molecular complexity index is 542. The van der Waals surface area contributed by atoms with Crippen LogP contribution in [0.15, 0.2) is 65.6 Å². The monoisotopic (exact) mass is 319 g/mol. The molecule has 2 rings (SSSR count). The van der Waals surface area contributed by atoms with Gasteiger partial charge < -0.3 is 0 Å². The first kappa shape index (κ1) is 17.3. The van der Waals surface area contributed by atoms with Crippen LogP contribution in [0.5, 0.6) is 0 Å². The van der Waals surface area contributed by atoms with Gasteiger partial charge in [0.15, 0.2) is 0 Å². The van der Waals surface area contributed by atoms with E-state index in [2.05, 4.69) is 19.1 Å². The van der Waals surface area contributed by atoms with Gasteiger partial charge in [0.25, 0.3) is 9.05 Å². The van der Waals surface area contributed by atoms with E-state index in [4.69, 9.17) is 10.7 Å². The molecule has 0 aliphatic heterocycles. The molecule has 0 saturated carbocycles. The Labute approximate surface area is 124 Å². The van der Waals surface area contributed by atoms with Crippen LogP contribution in [0, 0.1) is 6.92 Å². The topological polar surface area (TPSA) is 34.1 Å². The quantitative estimate of drug-likeness (QED) is 0.753. The van der Waals surface area contributed by atoms with Gasteiger partial charge in [-0.2, -0.15) is 0 Å². The fourth-order valence-corrected chi connectivity index (χ4v) is 1.91. The SMILES string of the molecule is Cc1ccccc1.O=S(=O)(Cl)c1ccccc1.[V]. The van der Waals surface area contributed by atoms with E-state index in [0.29, 0.717) is 0 Å². The van der Waals surface area contributed by atoms with E-state index in [1.54, 1.807) is 18.2 Å². The van der Waals surface area contributed by atoms with E-state index >= 15 is 0 Å². The molecule has 0 unspecified atom stereocenters. The van der Waals surface area contributed by atoms with Gasteiger partial charge in [0.05, 0.1) is 4.90 Å². The first-order chi connectivity index (χ1) is 8.00. The Balaban J connectivity index is 0.000000321. The summed E-state index contributed by atoms with van der Waals surface area (Å²) in [5, 5.41) is 0. The van der Waals surface area contributed by atoms with Crippen LogP contribution in [0.4, 0.5) is 0 Å². The summed E-state index contributed by atoms with van der Waals surface area (Å²) in [5.74, 6) is 0. The van der Waals surface area contributed by atoms with Gasteiger partial charge >= 0.3 is 0 Å². The molecule has 0 saturated heterocycles. The predicted octanol–water partition coefficient (Wildman–Crippen LogP) is 3.61. The van der Waals surface area contributed by atoms with Crippen molar-refractivity contribution in [2.24, 2.45) is 0 Å². The minimum atomic E-state index is -3.53. The molecule has 95 valence electrons. The maximum absolute atomic E-state index is 10.6. The van der Waals surface area contributed by atoms with Crippen molar-refractivity contribution >= 4 is 19.7 Å². The first-order valence-electron chi connectivity index (χ1n) is 5.01. The number of aryl methyl sites for hydroxylation is 1. The molecule has 0 aliphatic carbocycles. The van der Waals surface area contributed by atoms with Crippen molar-refractivity contribution in [3.63, 3.8) is 0 Å². The van der Waals surface area contributed by atoms with Crippen LogP contribution in [0.2, 0.25) is 0 Å². The van der Waals surface area contributed by atoms with E-state index in [-0.39, 0.29) is 23.5 Å². The Morgan fingerprint density at radius 2 is 1.22 bits per heavy atom. The summed E-state index contributed by atoms with van der Waals surface area (Å²) in [6, 6.07) is 18.1. The largest absolute Gasteiger partial charge is 0.261 e. The zero-order valence-corrected chi connectivity index (χ0v) is 12.8. The number of hydrogen-bond acceptors (Lipinski definition) is 2. The van der Waals surface area contributed by atoms with E-state index in [0.717, 1.165) is 0 Å². The summed E-state index contributed by atoms with van der Waals surface area (Å²) >= 11 is 0. The maximum atomic E-state index is 10.6. The molecule has 18 heavy (non-hydrogen) atoms. The molecular formula is C13H13ClO2SV. The van der Waals surface area contributed by atoms with Crippen molar-refractivity contribution in [3.05, 3.63) is 66.2 Å². The van der Waals surface area contributed by atoms with Gasteiger partial charge in [-0.05, 0) is 19.1 Å². The van der Waals surface area contributed by atoms with E-state index in [9.17, 15) is 8.42 Å². The summed E-state index contributed by atoms with van der Waals surface area (Å²) in [6.07, 6.45) is 0. The summed E-state index contributed by atoms with van der Waals surface area (Å²) < 4.78 is 21.2. The van der Waals surface area contributed by atoms with Crippen LogP contribution in [0.3, 0.4) is 0 Å². The van der Waals surface area contributed by atoms with Crippen molar-refractivity contribution in [1.29, 1.82) is 0 Å². The van der Waals surface area contributed by atoms with E-state index < -0.39 is 9.05 Å². The molecule has 2 nitrogen and oxygen atoms in total. The first-order valence-corrected chi connectivity index (χ1v) is 7.32. The molecule has 2 aromatic carbocycles.